The second-order valence-corrected chi connectivity index (χ2v) is 5.55. The molecule has 0 unspecified atom stereocenters. The van der Waals surface area contributed by atoms with Crippen LogP contribution < -0.4 is 0 Å². The SMILES string of the molecule is c1ccc([S+]2CCCCC2)cc1. The van der Waals surface area contributed by atoms with Crippen LogP contribution in [-0.2, 0) is 10.9 Å². The van der Waals surface area contributed by atoms with Crippen molar-refractivity contribution in [3.05, 3.63) is 30.3 Å². The fraction of sp³-hybridized carbons (Fsp3) is 0.455. The first-order chi connectivity index (χ1) is 5.97. The quantitative estimate of drug-likeness (QED) is 0.582. The van der Waals surface area contributed by atoms with Crippen LogP contribution in [0.25, 0.3) is 0 Å². The van der Waals surface area contributed by atoms with Gasteiger partial charge in [0, 0.05) is 10.9 Å². The Balaban J connectivity index is 2.08. The normalized spacial score (nSPS) is 19.3. The smallest absolute Gasteiger partial charge is 0.0619 e. The van der Waals surface area contributed by atoms with E-state index in [1.165, 1.54) is 30.8 Å². The van der Waals surface area contributed by atoms with E-state index in [4.69, 9.17) is 0 Å². The molecule has 1 heterocycles. The average molecular weight is 179 g/mol. The van der Waals surface area contributed by atoms with E-state index < -0.39 is 0 Å². The topological polar surface area (TPSA) is 0 Å². The van der Waals surface area contributed by atoms with Gasteiger partial charge in [-0.2, -0.15) is 0 Å². The Morgan fingerprint density at radius 1 is 0.833 bits per heavy atom. The molecule has 64 valence electrons. The van der Waals surface area contributed by atoms with Gasteiger partial charge in [0.15, 0.2) is 4.90 Å². The highest BCUT2D eigenvalue weighted by Crippen LogP contribution is 2.21. The minimum atomic E-state index is 0.592. The van der Waals surface area contributed by atoms with Crippen LogP contribution in [-0.4, -0.2) is 11.5 Å². The zero-order valence-corrected chi connectivity index (χ0v) is 8.15. The Kier molecular flexibility index (Phi) is 2.72. The number of benzene rings is 1. The molecule has 1 aliphatic rings. The van der Waals surface area contributed by atoms with Crippen molar-refractivity contribution in [1.29, 1.82) is 0 Å². The van der Waals surface area contributed by atoms with E-state index in [2.05, 4.69) is 30.3 Å². The molecule has 1 saturated heterocycles. The van der Waals surface area contributed by atoms with E-state index in [1.54, 1.807) is 4.90 Å². The molecule has 0 radical (unpaired) electrons. The summed E-state index contributed by atoms with van der Waals surface area (Å²) in [5, 5.41) is 0. The minimum absolute atomic E-state index is 0.592. The van der Waals surface area contributed by atoms with Crippen LogP contribution in [0.4, 0.5) is 0 Å². The largest absolute Gasteiger partial charge is 0.154 e. The zero-order chi connectivity index (χ0) is 8.23. The van der Waals surface area contributed by atoms with Crippen molar-refractivity contribution in [2.75, 3.05) is 11.5 Å². The van der Waals surface area contributed by atoms with Crippen LogP contribution in [0.1, 0.15) is 19.3 Å². The van der Waals surface area contributed by atoms with Gasteiger partial charge in [0.1, 0.15) is 11.5 Å². The molecule has 0 aromatic heterocycles. The van der Waals surface area contributed by atoms with Crippen LogP contribution in [0.15, 0.2) is 35.2 Å². The summed E-state index contributed by atoms with van der Waals surface area (Å²) in [5.74, 6) is 2.87. The predicted octanol–water partition coefficient (Wildman–Crippen LogP) is 2.85. The van der Waals surface area contributed by atoms with Gasteiger partial charge in [-0.05, 0) is 31.4 Å². The highest BCUT2D eigenvalue weighted by molar-refractivity contribution is 7.96. The number of hydrogen-bond donors (Lipinski definition) is 0. The second-order valence-electron chi connectivity index (χ2n) is 3.27. The van der Waals surface area contributed by atoms with Gasteiger partial charge in [-0.25, -0.2) is 0 Å². The molecule has 1 aromatic carbocycles. The standard InChI is InChI=1S/C11H15S/c1-3-7-11(8-4-1)12-9-5-2-6-10-12/h1,3-4,7-8H,2,5-6,9-10H2/q+1. The Bertz CT molecular complexity index is 224. The summed E-state index contributed by atoms with van der Waals surface area (Å²) in [7, 11) is 0.592. The van der Waals surface area contributed by atoms with Gasteiger partial charge >= 0.3 is 0 Å². The summed E-state index contributed by atoms with van der Waals surface area (Å²) in [6.07, 6.45) is 4.34. The molecule has 2 rings (SSSR count). The molecular formula is C11H15S+. The van der Waals surface area contributed by atoms with E-state index in [-0.39, 0.29) is 0 Å². The van der Waals surface area contributed by atoms with Crippen molar-refractivity contribution in [3.8, 4) is 0 Å². The molecule has 0 aliphatic carbocycles. The van der Waals surface area contributed by atoms with Crippen molar-refractivity contribution < 1.29 is 0 Å². The van der Waals surface area contributed by atoms with Crippen molar-refractivity contribution in [2.24, 2.45) is 0 Å². The van der Waals surface area contributed by atoms with Gasteiger partial charge in [0.05, 0.1) is 0 Å². The van der Waals surface area contributed by atoms with Crippen LogP contribution in [0.2, 0.25) is 0 Å². The Morgan fingerprint density at radius 3 is 2.17 bits per heavy atom. The third-order valence-corrected chi connectivity index (χ3v) is 4.86. The molecule has 1 aliphatic heterocycles. The molecule has 0 N–H and O–H groups in total. The van der Waals surface area contributed by atoms with Gasteiger partial charge in [0.2, 0.25) is 0 Å². The number of hydrogen-bond acceptors (Lipinski definition) is 0. The van der Waals surface area contributed by atoms with Crippen LogP contribution in [0, 0.1) is 0 Å². The lowest BCUT2D eigenvalue weighted by molar-refractivity contribution is 0.756. The molecule has 12 heavy (non-hydrogen) atoms. The van der Waals surface area contributed by atoms with E-state index in [9.17, 15) is 0 Å². The van der Waals surface area contributed by atoms with Crippen molar-refractivity contribution in [1.82, 2.24) is 0 Å². The highest BCUT2D eigenvalue weighted by atomic mass is 32.2. The summed E-state index contributed by atoms with van der Waals surface area (Å²) in [6.45, 7) is 0. The predicted molar refractivity (Wildman–Crippen MR) is 55.7 cm³/mol. The minimum Gasteiger partial charge on any atom is -0.0619 e. The Labute approximate surface area is 77.3 Å². The maximum Gasteiger partial charge on any atom is 0.154 e. The van der Waals surface area contributed by atoms with Crippen LogP contribution in [0.5, 0.6) is 0 Å². The highest BCUT2D eigenvalue weighted by Gasteiger charge is 2.23. The molecule has 0 nitrogen and oxygen atoms in total. The van der Waals surface area contributed by atoms with Crippen LogP contribution in [0.3, 0.4) is 0 Å². The fourth-order valence-electron chi connectivity index (χ4n) is 1.68. The van der Waals surface area contributed by atoms with Gasteiger partial charge < -0.3 is 0 Å². The monoisotopic (exact) mass is 179 g/mol. The third kappa shape index (κ3) is 1.84. The molecule has 0 saturated carbocycles. The molecule has 0 amide bonds. The van der Waals surface area contributed by atoms with Gasteiger partial charge in [-0.1, -0.05) is 18.2 Å². The van der Waals surface area contributed by atoms with Gasteiger partial charge in [-0.15, -0.1) is 0 Å². The zero-order valence-electron chi connectivity index (χ0n) is 7.33. The average Bonchev–Trinajstić information content (AvgIpc) is 2.21. The maximum absolute atomic E-state index is 2.29. The summed E-state index contributed by atoms with van der Waals surface area (Å²) in [6, 6.07) is 11.0. The first kappa shape index (κ1) is 8.18. The molecule has 1 aromatic rings. The van der Waals surface area contributed by atoms with E-state index in [1.807, 2.05) is 0 Å². The Morgan fingerprint density at radius 2 is 1.50 bits per heavy atom. The van der Waals surface area contributed by atoms with Crippen molar-refractivity contribution in [3.63, 3.8) is 0 Å². The lowest BCUT2D eigenvalue weighted by Crippen LogP contribution is -2.17. The third-order valence-electron chi connectivity index (χ3n) is 2.36. The first-order valence-electron chi connectivity index (χ1n) is 4.69. The lowest BCUT2D eigenvalue weighted by atomic mass is 10.3. The van der Waals surface area contributed by atoms with Crippen LogP contribution >= 0.6 is 0 Å². The molecule has 0 spiro atoms. The number of rotatable bonds is 1. The summed E-state index contributed by atoms with van der Waals surface area (Å²) in [4.78, 5) is 1.58. The summed E-state index contributed by atoms with van der Waals surface area (Å²) >= 11 is 0. The van der Waals surface area contributed by atoms with E-state index in [0.717, 1.165) is 0 Å². The molecule has 0 bridgehead atoms. The van der Waals surface area contributed by atoms with Crippen molar-refractivity contribution >= 4 is 10.9 Å². The molecule has 1 fully saturated rings. The van der Waals surface area contributed by atoms with E-state index >= 15 is 0 Å². The molecular weight excluding hydrogens is 164 g/mol. The van der Waals surface area contributed by atoms with Gasteiger partial charge in [-0.3, -0.25) is 0 Å². The summed E-state index contributed by atoms with van der Waals surface area (Å²) < 4.78 is 0. The van der Waals surface area contributed by atoms with Crippen molar-refractivity contribution in [2.45, 2.75) is 24.2 Å². The second kappa shape index (κ2) is 3.99. The van der Waals surface area contributed by atoms with Gasteiger partial charge in [0.25, 0.3) is 0 Å². The lowest BCUT2D eigenvalue weighted by Gasteiger charge is -2.12. The molecule has 0 atom stereocenters. The summed E-state index contributed by atoms with van der Waals surface area (Å²) in [5.41, 5.74) is 0. The molecule has 1 heteroatoms. The Hall–Kier alpha value is -0.430. The van der Waals surface area contributed by atoms with E-state index in [0.29, 0.717) is 10.9 Å². The fourth-order valence-corrected chi connectivity index (χ4v) is 4.00. The maximum atomic E-state index is 2.29. The first-order valence-corrected chi connectivity index (χ1v) is 6.26.